The fraction of sp³-hybridized carbons (Fsp3) is 0.158. The maximum Gasteiger partial charge on any atom is 0.265 e. The Morgan fingerprint density at radius 2 is 1.85 bits per heavy atom. The Labute approximate surface area is 151 Å². The van der Waals surface area contributed by atoms with E-state index in [-0.39, 0.29) is 10.8 Å². The summed E-state index contributed by atoms with van der Waals surface area (Å²) in [6.07, 6.45) is 0.635. The Bertz CT molecular complexity index is 1110. The highest BCUT2D eigenvalue weighted by Crippen LogP contribution is 2.33. The minimum atomic E-state index is -3.71. The fourth-order valence-corrected chi connectivity index (χ4v) is 4.60. The zero-order valence-electron chi connectivity index (χ0n) is 14.1. The number of carbonyl (C=O) groups excluding carboxylic acids is 1. The second-order valence-corrected chi connectivity index (χ2v) is 8.06. The van der Waals surface area contributed by atoms with E-state index in [0.717, 1.165) is 16.5 Å². The Balaban J connectivity index is 1.72. The van der Waals surface area contributed by atoms with E-state index < -0.39 is 10.0 Å². The lowest BCUT2D eigenvalue weighted by Gasteiger charge is -2.19. The molecule has 1 aromatic heterocycles. The number of hydrogen-bond donors (Lipinski definition) is 1. The van der Waals surface area contributed by atoms with E-state index in [4.69, 9.17) is 0 Å². The van der Waals surface area contributed by atoms with Crippen molar-refractivity contribution in [2.75, 3.05) is 16.2 Å². The first kappa shape index (κ1) is 16.5. The SMILES string of the molecule is CC(=O)Nc1ccc(S(=O)(=O)N2CCc3cc4ccccc4nc32)cc1. The Morgan fingerprint density at radius 3 is 2.58 bits per heavy atom. The highest BCUT2D eigenvalue weighted by Gasteiger charge is 2.32. The van der Waals surface area contributed by atoms with E-state index in [0.29, 0.717) is 24.5 Å². The predicted molar refractivity (Wildman–Crippen MR) is 101 cm³/mol. The molecule has 0 atom stereocenters. The summed E-state index contributed by atoms with van der Waals surface area (Å²) in [6.45, 7) is 1.77. The second kappa shape index (κ2) is 6.10. The number of carbonyl (C=O) groups is 1. The van der Waals surface area contributed by atoms with Gasteiger partial charge < -0.3 is 5.32 Å². The Kier molecular flexibility index (Phi) is 3.88. The largest absolute Gasteiger partial charge is 0.326 e. The standard InChI is InChI=1S/C19H17N3O3S/c1-13(23)20-16-6-8-17(9-7-16)26(24,25)22-11-10-15-12-14-4-2-3-5-18(14)21-19(15)22/h2-9,12H,10-11H2,1H3,(H,20,23). The van der Waals surface area contributed by atoms with Crippen molar-refractivity contribution < 1.29 is 13.2 Å². The Morgan fingerprint density at radius 1 is 1.12 bits per heavy atom. The zero-order valence-corrected chi connectivity index (χ0v) is 15.0. The number of hydrogen-bond acceptors (Lipinski definition) is 4. The molecule has 0 radical (unpaired) electrons. The summed E-state index contributed by atoms with van der Waals surface area (Å²) in [6, 6.07) is 15.8. The van der Waals surface area contributed by atoms with Crippen LogP contribution in [0.15, 0.2) is 59.5 Å². The van der Waals surface area contributed by atoms with Crippen molar-refractivity contribution in [3.8, 4) is 0 Å². The van der Waals surface area contributed by atoms with Crippen molar-refractivity contribution in [1.82, 2.24) is 4.98 Å². The van der Waals surface area contributed by atoms with Crippen molar-refractivity contribution in [3.63, 3.8) is 0 Å². The van der Waals surface area contributed by atoms with Crippen LogP contribution in [0.25, 0.3) is 10.9 Å². The van der Waals surface area contributed by atoms with Gasteiger partial charge in [0.25, 0.3) is 10.0 Å². The molecule has 132 valence electrons. The van der Waals surface area contributed by atoms with Gasteiger partial charge in [0.1, 0.15) is 5.82 Å². The van der Waals surface area contributed by atoms with Crippen LogP contribution in [-0.2, 0) is 21.2 Å². The molecular weight excluding hydrogens is 350 g/mol. The van der Waals surface area contributed by atoms with Crippen molar-refractivity contribution in [2.24, 2.45) is 0 Å². The molecule has 0 bridgehead atoms. The third-order valence-corrected chi connectivity index (χ3v) is 6.17. The number of anilines is 2. The lowest BCUT2D eigenvalue weighted by molar-refractivity contribution is -0.114. The molecule has 6 nitrogen and oxygen atoms in total. The number of para-hydroxylation sites is 1. The van der Waals surface area contributed by atoms with E-state index in [1.165, 1.54) is 23.4 Å². The summed E-state index contributed by atoms with van der Waals surface area (Å²) >= 11 is 0. The molecule has 0 saturated carbocycles. The van der Waals surface area contributed by atoms with Gasteiger partial charge in [-0.3, -0.25) is 4.79 Å². The summed E-state index contributed by atoms with van der Waals surface area (Å²) in [7, 11) is -3.71. The highest BCUT2D eigenvalue weighted by atomic mass is 32.2. The minimum absolute atomic E-state index is 0.175. The summed E-state index contributed by atoms with van der Waals surface area (Å²) < 4.78 is 27.5. The molecule has 3 aromatic rings. The number of rotatable bonds is 3. The molecule has 1 aliphatic heterocycles. The Hall–Kier alpha value is -2.93. The van der Waals surface area contributed by atoms with E-state index in [2.05, 4.69) is 10.3 Å². The van der Waals surface area contributed by atoms with Gasteiger partial charge in [-0.25, -0.2) is 17.7 Å². The van der Waals surface area contributed by atoms with Gasteiger partial charge in [0.2, 0.25) is 5.91 Å². The van der Waals surface area contributed by atoms with Crippen LogP contribution >= 0.6 is 0 Å². The molecule has 0 saturated heterocycles. The molecule has 4 rings (SSSR count). The first-order valence-electron chi connectivity index (χ1n) is 8.24. The summed E-state index contributed by atoms with van der Waals surface area (Å²) in [5, 5.41) is 3.63. The van der Waals surface area contributed by atoms with Gasteiger partial charge in [0, 0.05) is 24.5 Å². The van der Waals surface area contributed by atoms with E-state index in [1.54, 1.807) is 12.1 Å². The maximum absolute atomic E-state index is 13.1. The van der Waals surface area contributed by atoms with Crippen LogP contribution in [0.1, 0.15) is 12.5 Å². The number of aromatic nitrogens is 1. The number of fused-ring (bicyclic) bond motifs is 2. The monoisotopic (exact) mass is 367 g/mol. The predicted octanol–water partition coefficient (Wildman–Crippen LogP) is 2.94. The normalized spacial score (nSPS) is 13.7. The van der Waals surface area contributed by atoms with Crippen LogP contribution < -0.4 is 9.62 Å². The second-order valence-electron chi connectivity index (χ2n) is 6.20. The van der Waals surface area contributed by atoms with Gasteiger partial charge in [-0.1, -0.05) is 18.2 Å². The number of benzene rings is 2. The number of pyridine rings is 1. The zero-order chi connectivity index (χ0) is 18.3. The number of nitrogens with one attached hydrogen (secondary N) is 1. The third kappa shape index (κ3) is 2.80. The number of amides is 1. The fourth-order valence-electron chi connectivity index (χ4n) is 3.15. The van der Waals surface area contributed by atoms with Crippen molar-refractivity contribution in [1.29, 1.82) is 0 Å². The molecule has 2 aromatic carbocycles. The molecule has 0 fully saturated rings. The average Bonchev–Trinajstić information content (AvgIpc) is 3.03. The smallest absolute Gasteiger partial charge is 0.265 e. The molecular formula is C19H17N3O3S. The first-order chi connectivity index (χ1) is 12.4. The van der Waals surface area contributed by atoms with Crippen LogP contribution in [0.2, 0.25) is 0 Å². The van der Waals surface area contributed by atoms with Gasteiger partial charge in [0.05, 0.1) is 10.4 Å². The number of nitrogens with zero attached hydrogens (tertiary/aromatic N) is 2. The average molecular weight is 367 g/mol. The topological polar surface area (TPSA) is 79.4 Å². The van der Waals surface area contributed by atoms with E-state index in [1.807, 2.05) is 30.3 Å². The summed E-state index contributed by atoms with van der Waals surface area (Å²) in [4.78, 5) is 15.9. The van der Waals surface area contributed by atoms with Crippen LogP contribution in [0.3, 0.4) is 0 Å². The quantitative estimate of drug-likeness (QED) is 0.772. The molecule has 1 amide bonds. The van der Waals surface area contributed by atoms with Gasteiger partial charge >= 0.3 is 0 Å². The first-order valence-corrected chi connectivity index (χ1v) is 9.68. The molecule has 0 aliphatic carbocycles. The van der Waals surface area contributed by atoms with Gasteiger partial charge in [-0.15, -0.1) is 0 Å². The van der Waals surface area contributed by atoms with Crippen LogP contribution in [-0.4, -0.2) is 25.9 Å². The van der Waals surface area contributed by atoms with Gasteiger partial charge in [-0.2, -0.15) is 0 Å². The molecule has 2 heterocycles. The molecule has 7 heteroatoms. The molecule has 0 spiro atoms. The number of sulfonamides is 1. The van der Waals surface area contributed by atoms with Crippen molar-refractivity contribution >= 4 is 38.3 Å². The lowest BCUT2D eigenvalue weighted by Crippen LogP contribution is -2.29. The molecule has 0 unspecified atom stereocenters. The molecule has 26 heavy (non-hydrogen) atoms. The minimum Gasteiger partial charge on any atom is -0.326 e. The molecule has 1 N–H and O–H groups in total. The highest BCUT2D eigenvalue weighted by molar-refractivity contribution is 7.92. The van der Waals surface area contributed by atoms with Crippen molar-refractivity contribution in [2.45, 2.75) is 18.2 Å². The van der Waals surface area contributed by atoms with Crippen LogP contribution in [0.4, 0.5) is 11.5 Å². The lowest BCUT2D eigenvalue weighted by atomic mass is 10.1. The van der Waals surface area contributed by atoms with Crippen LogP contribution in [0, 0.1) is 0 Å². The van der Waals surface area contributed by atoms with Gasteiger partial charge in [-0.05, 0) is 48.4 Å². The summed E-state index contributed by atoms with van der Waals surface area (Å²) in [5.74, 6) is 0.291. The van der Waals surface area contributed by atoms with Crippen molar-refractivity contribution in [3.05, 3.63) is 60.2 Å². The molecule has 1 aliphatic rings. The maximum atomic E-state index is 13.1. The van der Waals surface area contributed by atoms with E-state index >= 15 is 0 Å². The third-order valence-electron chi connectivity index (χ3n) is 4.36. The van der Waals surface area contributed by atoms with Crippen LogP contribution in [0.5, 0.6) is 0 Å². The van der Waals surface area contributed by atoms with Gasteiger partial charge in [0.15, 0.2) is 0 Å². The summed E-state index contributed by atoms with van der Waals surface area (Å²) in [5.41, 5.74) is 2.26. The van der Waals surface area contributed by atoms with E-state index in [9.17, 15) is 13.2 Å².